The molecule has 3 atom stereocenters. The number of hydrogen-bond acceptors (Lipinski definition) is 4. The molecule has 0 saturated carbocycles. The topological polar surface area (TPSA) is 112 Å². The molecule has 0 bridgehead atoms. The summed E-state index contributed by atoms with van der Waals surface area (Å²) in [6.07, 6.45) is 5.13. The Morgan fingerprint density at radius 3 is 1.89 bits per heavy atom. The van der Waals surface area contributed by atoms with Gasteiger partial charge in [0.15, 0.2) is 5.78 Å². The van der Waals surface area contributed by atoms with Gasteiger partial charge in [0, 0.05) is 11.5 Å². The number of carbonyl (C=O) groups is 1. The van der Waals surface area contributed by atoms with E-state index in [1.807, 2.05) is 49.4 Å². The van der Waals surface area contributed by atoms with E-state index in [4.69, 9.17) is 17.5 Å². The number of hydrogen-bond donors (Lipinski definition) is 3. The summed E-state index contributed by atoms with van der Waals surface area (Å²) in [6.45, 7) is 6.26. The van der Waals surface area contributed by atoms with Gasteiger partial charge in [0.05, 0.1) is 6.10 Å². The highest BCUT2D eigenvalue weighted by Gasteiger charge is 2.26. The van der Waals surface area contributed by atoms with Crippen molar-refractivity contribution in [3.05, 3.63) is 112 Å². The number of aliphatic hydroxyl groups is 1. The van der Waals surface area contributed by atoms with E-state index in [-0.39, 0.29) is 19.4 Å². The van der Waals surface area contributed by atoms with Gasteiger partial charge in [0.1, 0.15) is 0 Å². The van der Waals surface area contributed by atoms with Crippen LogP contribution in [0.2, 0.25) is 0 Å². The van der Waals surface area contributed by atoms with Crippen LogP contribution in [0, 0.1) is 11.8 Å². The fraction of sp³-hybridized carbons (Fsp3) is 0.323. The van der Waals surface area contributed by atoms with Gasteiger partial charge in [-0.25, -0.2) is 0 Å². The molecule has 6 nitrogen and oxygen atoms in total. The van der Waals surface area contributed by atoms with E-state index >= 15 is 0 Å². The smallest absolute Gasteiger partial charge is 0.388 e. The minimum absolute atomic E-state index is 0. The number of allylic oxidation sites excluding steroid dienone is 1. The van der Waals surface area contributed by atoms with Gasteiger partial charge in [0.25, 0.3) is 0 Å². The van der Waals surface area contributed by atoms with Crippen LogP contribution in [-0.4, -0.2) is 28.4 Å². The molecule has 0 saturated heterocycles. The van der Waals surface area contributed by atoms with E-state index in [9.17, 15) is 9.90 Å². The molecule has 6 rings (SSSR count). The van der Waals surface area contributed by atoms with Crippen LogP contribution < -0.4 is 0 Å². The van der Waals surface area contributed by atoms with E-state index in [1.54, 1.807) is 0 Å². The lowest BCUT2D eigenvalue weighted by molar-refractivity contribution is 0.0946. The zero-order chi connectivity index (χ0) is 27.2. The first-order valence-electron chi connectivity index (χ1n) is 12.3. The van der Waals surface area contributed by atoms with Gasteiger partial charge in [-0.05, 0) is 59.9 Å². The first-order chi connectivity index (χ1) is 17.4. The van der Waals surface area contributed by atoms with Crippen molar-refractivity contribution in [2.75, 3.05) is 0 Å². The SMILES string of the molecule is C.CC1=Cc2ccccc2C1.CC1Cc2ccccc2C1=O.CC1Cc2ccccc2C1O.O=S(=O)(O)O. The van der Waals surface area contributed by atoms with E-state index < -0.39 is 10.4 Å². The lowest BCUT2D eigenvalue weighted by atomic mass is 10.1. The summed E-state index contributed by atoms with van der Waals surface area (Å²) >= 11 is 0. The second kappa shape index (κ2) is 13.6. The van der Waals surface area contributed by atoms with Gasteiger partial charge in [-0.15, -0.1) is 0 Å². The molecule has 3 aliphatic rings. The Balaban J connectivity index is 0.000000182. The molecule has 3 aliphatic carbocycles. The molecule has 7 heteroatoms. The van der Waals surface area contributed by atoms with Crippen LogP contribution in [0.5, 0.6) is 0 Å². The standard InChI is InChI=1S/C10H12O.C10H10O.C10H10.CH4.H2O4S/c2*1-7-6-8-4-2-3-5-9(8)10(7)11;1-8-6-9-4-2-3-5-10(9)7-8;;1-5(2,3)4/h2-5,7,10-11H,6H2,1H3;2-5,7H,6H2,1H3;2-6H,7H2,1H3;1H4;(H2,1,2,3,4). The van der Waals surface area contributed by atoms with Crippen molar-refractivity contribution < 1.29 is 27.4 Å². The van der Waals surface area contributed by atoms with Crippen molar-refractivity contribution in [3.63, 3.8) is 0 Å². The molecule has 3 N–H and O–H groups in total. The van der Waals surface area contributed by atoms with Gasteiger partial charge in [-0.2, -0.15) is 8.42 Å². The lowest BCUT2D eigenvalue weighted by Gasteiger charge is -2.07. The molecule has 38 heavy (non-hydrogen) atoms. The molecule has 0 amide bonds. The van der Waals surface area contributed by atoms with Gasteiger partial charge in [-0.3, -0.25) is 13.9 Å². The van der Waals surface area contributed by atoms with Crippen LogP contribution in [0.4, 0.5) is 0 Å². The number of ketones is 1. The van der Waals surface area contributed by atoms with Crippen LogP contribution in [0.1, 0.15) is 72.5 Å². The number of carbonyl (C=O) groups excluding carboxylic acids is 1. The molecule has 3 unspecified atom stereocenters. The van der Waals surface area contributed by atoms with E-state index in [2.05, 4.69) is 50.3 Å². The zero-order valence-corrected chi connectivity index (χ0v) is 22.2. The average Bonchev–Trinajstić information content (AvgIpc) is 3.46. The first-order valence-corrected chi connectivity index (χ1v) is 13.7. The molecular formula is C31H38O6S. The molecule has 0 radical (unpaired) electrons. The summed E-state index contributed by atoms with van der Waals surface area (Å²) in [5.41, 5.74) is 8.93. The van der Waals surface area contributed by atoms with Gasteiger partial charge in [0.2, 0.25) is 0 Å². The highest BCUT2D eigenvalue weighted by molar-refractivity contribution is 7.79. The molecule has 0 aromatic heterocycles. The second-order valence-electron chi connectivity index (χ2n) is 9.77. The molecule has 0 spiro atoms. The van der Waals surface area contributed by atoms with Crippen LogP contribution in [0.25, 0.3) is 6.08 Å². The Kier molecular flexibility index (Phi) is 11.2. The number of benzene rings is 3. The van der Waals surface area contributed by atoms with Crippen molar-refractivity contribution >= 4 is 22.3 Å². The normalized spacial score (nSPS) is 20.0. The third-order valence-electron chi connectivity index (χ3n) is 6.64. The minimum atomic E-state index is -4.67. The number of Topliss-reactive ketones (excluding diaryl/α,β-unsaturated/α-hetero) is 1. The van der Waals surface area contributed by atoms with Crippen LogP contribution in [0.15, 0.2) is 78.4 Å². The van der Waals surface area contributed by atoms with Crippen LogP contribution >= 0.6 is 0 Å². The second-order valence-corrected chi connectivity index (χ2v) is 10.7. The highest BCUT2D eigenvalue weighted by Crippen LogP contribution is 2.35. The number of rotatable bonds is 0. The summed E-state index contributed by atoms with van der Waals surface area (Å²) < 4.78 is 31.6. The molecule has 204 valence electrons. The fourth-order valence-corrected chi connectivity index (χ4v) is 4.85. The minimum Gasteiger partial charge on any atom is -0.388 e. The largest absolute Gasteiger partial charge is 0.394 e. The Labute approximate surface area is 226 Å². The highest BCUT2D eigenvalue weighted by atomic mass is 32.3. The predicted octanol–water partition coefficient (Wildman–Crippen LogP) is 6.60. The molecule has 0 heterocycles. The Bertz CT molecular complexity index is 1370. The van der Waals surface area contributed by atoms with E-state index in [0.29, 0.717) is 11.7 Å². The predicted molar refractivity (Wildman–Crippen MR) is 153 cm³/mol. The van der Waals surface area contributed by atoms with Crippen molar-refractivity contribution in [1.82, 2.24) is 0 Å². The Morgan fingerprint density at radius 2 is 1.32 bits per heavy atom. The quantitative estimate of drug-likeness (QED) is 0.278. The molecular weight excluding hydrogens is 500 g/mol. The third kappa shape index (κ3) is 8.74. The maximum atomic E-state index is 11.4. The summed E-state index contributed by atoms with van der Waals surface area (Å²) in [6, 6.07) is 24.6. The number of fused-ring (bicyclic) bond motifs is 3. The Hall–Kier alpha value is -3.10. The maximum Gasteiger partial charge on any atom is 0.394 e. The van der Waals surface area contributed by atoms with Crippen molar-refractivity contribution in [3.8, 4) is 0 Å². The summed E-state index contributed by atoms with van der Waals surface area (Å²) in [4.78, 5) is 11.4. The third-order valence-corrected chi connectivity index (χ3v) is 6.64. The zero-order valence-electron chi connectivity index (χ0n) is 21.3. The van der Waals surface area contributed by atoms with E-state index in [0.717, 1.165) is 30.4 Å². The molecule has 3 aromatic carbocycles. The molecule has 0 fully saturated rings. The maximum absolute atomic E-state index is 11.4. The van der Waals surface area contributed by atoms with Crippen molar-refractivity contribution in [2.24, 2.45) is 11.8 Å². The average molecular weight is 539 g/mol. The number of aliphatic hydroxyl groups excluding tert-OH is 1. The van der Waals surface area contributed by atoms with Crippen LogP contribution in [-0.2, 0) is 29.7 Å². The fourth-order valence-electron chi connectivity index (χ4n) is 4.85. The van der Waals surface area contributed by atoms with Crippen molar-refractivity contribution in [2.45, 2.75) is 53.6 Å². The van der Waals surface area contributed by atoms with Gasteiger partial charge in [-0.1, -0.05) is 106 Å². The van der Waals surface area contributed by atoms with E-state index in [1.165, 1.54) is 27.8 Å². The summed E-state index contributed by atoms with van der Waals surface area (Å²) in [5, 5.41) is 9.65. The summed E-state index contributed by atoms with van der Waals surface area (Å²) in [5.74, 6) is 0.903. The van der Waals surface area contributed by atoms with Crippen molar-refractivity contribution in [1.29, 1.82) is 0 Å². The monoisotopic (exact) mass is 538 g/mol. The first kappa shape index (κ1) is 31.1. The van der Waals surface area contributed by atoms with Gasteiger partial charge < -0.3 is 5.11 Å². The summed E-state index contributed by atoms with van der Waals surface area (Å²) in [7, 11) is -4.67. The lowest BCUT2D eigenvalue weighted by Crippen LogP contribution is -2.02. The van der Waals surface area contributed by atoms with Gasteiger partial charge >= 0.3 is 10.4 Å². The molecule has 0 aliphatic heterocycles. The Morgan fingerprint density at radius 1 is 0.789 bits per heavy atom. The van der Waals surface area contributed by atoms with Crippen LogP contribution in [0.3, 0.4) is 0 Å². The molecule has 3 aromatic rings.